The van der Waals surface area contributed by atoms with Crippen molar-refractivity contribution < 1.29 is 45.2 Å². The Morgan fingerprint density at radius 2 is 1.69 bits per heavy atom. The van der Waals surface area contributed by atoms with Crippen LogP contribution in [0.4, 0.5) is 0 Å². The van der Waals surface area contributed by atoms with Crippen LogP contribution in [0.3, 0.4) is 0 Å². The van der Waals surface area contributed by atoms with Gasteiger partial charge < -0.3 is 45.2 Å². The number of benzene rings is 1. The second-order valence-electron chi connectivity index (χ2n) is 6.82. The summed E-state index contributed by atoms with van der Waals surface area (Å²) < 4.78 is 10.3. The van der Waals surface area contributed by atoms with Gasteiger partial charge in [0.05, 0.1) is 36.1 Å². The number of hydrogen-bond acceptors (Lipinski definition) is 11. The van der Waals surface area contributed by atoms with E-state index in [1.54, 1.807) is 24.3 Å². The standard InChI is InChI=1S/C18H24N2O9/c21-6-12-15(25)16(26)17(27)18(29-12)28-7-11(22)14(24)13(23)10-5-19-8-3-1-2-4-9(8)20-10/h1-5,11-18,21-27H,6-7H2/t11-,12-,13-,14-,15-,16+,17-,18+/m1/s1. The molecule has 160 valence electrons. The van der Waals surface area contributed by atoms with Gasteiger partial charge in [-0.05, 0) is 12.1 Å². The van der Waals surface area contributed by atoms with E-state index in [-0.39, 0.29) is 5.69 Å². The fourth-order valence-corrected chi connectivity index (χ4v) is 3.00. The van der Waals surface area contributed by atoms with Gasteiger partial charge >= 0.3 is 0 Å². The van der Waals surface area contributed by atoms with Crippen molar-refractivity contribution in [1.29, 1.82) is 0 Å². The Labute approximate surface area is 165 Å². The van der Waals surface area contributed by atoms with Gasteiger partial charge in [0.1, 0.15) is 42.7 Å². The molecule has 0 spiro atoms. The number of hydrogen-bond donors (Lipinski definition) is 7. The zero-order valence-electron chi connectivity index (χ0n) is 15.3. The van der Waals surface area contributed by atoms with Gasteiger partial charge in [-0.2, -0.15) is 0 Å². The Bertz CT molecular complexity index is 808. The summed E-state index contributed by atoms with van der Waals surface area (Å²) in [7, 11) is 0. The van der Waals surface area contributed by atoms with Crippen LogP contribution in [0.25, 0.3) is 11.0 Å². The molecule has 1 saturated heterocycles. The molecule has 1 aromatic carbocycles. The summed E-state index contributed by atoms with van der Waals surface area (Å²) in [5.74, 6) is 0. The highest BCUT2D eigenvalue weighted by Gasteiger charge is 2.44. The fourth-order valence-electron chi connectivity index (χ4n) is 3.00. The summed E-state index contributed by atoms with van der Waals surface area (Å²) >= 11 is 0. The number of aliphatic hydroxyl groups is 7. The largest absolute Gasteiger partial charge is 0.394 e. The third-order valence-corrected chi connectivity index (χ3v) is 4.77. The minimum absolute atomic E-state index is 0.0445. The number of para-hydroxylation sites is 2. The van der Waals surface area contributed by atoms with Crippen LogP contribution in [0.5, 0.6) is 0 Å². The van der Waals surface area contributed by atoms with E-state index < -0.39 is 62.2 Å². The molecular weight excluding hydrogens is 388 g/mol. The van der Waals surface area contributed by atoms with Gasteiger partial charge in [0, 0.05) is 0 Å². The van der Waals surface area contributed by atoms with E-state index in [4.69, 9.17) is 14.6 Å². The van der Waals surface area contributed by atoms with Crippen LogP contribution in [-0.4, -0.2) is 102 Å². The predicted molar refractivity (Wildman–Crippen MR) is 96.2 cm³/mol. The maximum Gasteiger partial charge on any atom is 0.186 e. The fraction of sp³-hybridized carbons (Fsp3) is 0.556. The first kappa shape index (κ1) is 21.9. The Balaban J connectivity index is 1.61. The molecule has 0 saturated carbocycles. The lowest BCUT2D eigenvalue weighted by Crippen LogP contribution is -2.59. The number of aliphatic hydroxyl groups excluding tert-OH is 7. The third-order valence-electron chi connectivity index (χ3n) is 4.77. The minimum atomic E-state index is -1.70. The number of rotatable bonds is 7. The lowest BCUT2D eigenvalue weighted by molar-refractivity contribution is -0.306. The molecule has 1 aliphatic heterocycles. The van der Waals surface area contributed by atoms with E-state index in [2.05, 4.69) is 9.97 Å². The van der Waals surface area contributed by atoms with Crippen molar-refractivity contribution in [2.45, 2.75) is 49.0 Å². The highest BCUT2D eigenvalue weighted by molar-refractivity contribution is 5.73. The molecule has 8 atom stereocenters. The monoisotopic (exact) mass is 412 g/mol. The van der Waals surface area contributed by atoms with Gasteiger partial charge in [0.15, 0.2) is 6.29 Å². The average Bonchev–Trinajstić information content (AvgIpc) is 2.75. The highest BCUT2D eigenvalue weighted by atomic mass is 16.7. The van der Waals surface area contributed by atoms with Crippen molar-refractivity contribution in [2.75, 3.05) is 13.2 Å². The Morgan fingerprint density at radius 1 is 1.00 bits per heavy atom. The topological polar surface area (TPSA) is 186 Å². The lowest BCUT2D eigenvalue weighted by atomic mass is 9.99. The predicted octanol–water partition coefficient (Wildman–Crippen LogP) is -2.80. The van der Waals surface area contributed by atoms with Crippen molar-refractivity contribution in [3.63, 3.8) is 0 Å². The molecule has 1 aliphatic rings. The van der Waals surface area contributed by atoms with Crippen LogP contribution in [0.2, 0.25) is 0 Å². The van der Waals surface area contributed by atoms with Gasteiger partial charge in [-0.25, -0.2) is 4.98 Å². The molecular formula is C18H24N2O9. The summed E-state index contributed by atoms with van der Waals surface area (Å²) in [5.41, 5.74) is 1.15. The lowest BCUT2D eigenvalue weighted by Gasteiger charge is -2.40. The van der Waals surface area contributed by atoms with Gasteiger partial charge in [0.2, 0.25) is 0 Å². The van der Waals surface area contributed by atoms with Crippen molar-refractivity contribution in [3.8, 4) is 0 Å². The molecule has 29 heavy (non-hydrogen) atoms. The summed E-state index contributed by atoms with van der Waals surface area (Å²) in [4.78, 5) is 8.33. The molecule has 0 amide bonds. The van der Waals surface area contributed by atoms with Gasteiger partial charge in [0.25, 0.3) is 0 Å². The Morgan fingerprint density at radius 3 is 2.38 bits per heavy atom. The van der Waals surface area contributed by atoms with Crippen molar-refractivity contribution in [1.82, 2.24) is 9.97 Å². The number of aromatic nitrogens is 2. The first-order chi connectivity index (χ1) is 13.8. The quantitative estimate of drug-likeness (QED) is 0.249. The van der Waals surface area contributed by atoms with Crippen LogP contribution < -0.4 is 0 Å². The summed E-state index contributed by atoms with van der Waals surface area (Å²) in [5, 5.41) is 69.2. The van der Waals surface area contributed by atoms with Crippen LogP contribution in [0, 0.1) is 0 Å². The molecule has 0 bridgehead atoms. The number of fused-ring (bicyclic) bond motifs is 1. The normalized spacial score (nSPS) is 30.8. The zero-order valence-corrected chi connectivity index (χ0v) is 15.3. The Hall–Kier alpha value is -1.80. The molecule has 1 aromatic heterocycles. The van der Waals surface area contributed by atoms with Crippen LogP contribution in [-0.2, 0) is 9.47 Å². The van der Waals surface area contributed by atoms with Gasteiger partial charge in [-0.1, -0.05) is 12.1 Å². The summed E-state index contributed by atoms with van der Waals surface area (Å²) in [6, 6.07) is 6.94. The van der Waals surface area contributed by atoms with E-state index in [0.717, 1.165) is 0 Å². The SMILES string of the molecule is OC[C@H]1O[C@H](OC[C@@H](O)[C@@H](O)[C@H](O)c2cnc3ccccc3n2)[C@H](O)[C@@H](O)[C@@H]1O. The van der Waals surface area contributed by atoms with E-state index >= 15 is 0 Å². The summed E-state index contributed by atoms with van der Waals surface area (Å²) in [6.45, 7) is -1.21. The van der Waals surface area contributed by atoms with Crippen molar-refractivity contribution in [2.24, 2.45) is 0 Å². The molecule has 2 heterocycles. The second kappa shape index (κ2) is 9.34. The summed E-state index contributed by atoms with van der Waals surface area (Å²) in [6.07, 6.45) is -11.1. The van der Waals surface area contributed by atoms with Crippen LogP contribution in [0.1, 0.15) is 11.8 Å². The number of nitrogens with zero attached hydrogens (tertiary/aromatic N) is 2. The molecule has 3 rings (SSSR count). The minimum Gasteiger partial charge on any atom is -0.394 e. The average molecular weight is 412 g/mol. The molecule has 0 radical (unpaired) electrons. The molecule has 11 nitrogen and oxygen atoms in total. The van der Waals surface area contributed by atoms with E-state index in [0.29, 0.717) is 11.0 Å². The number of ether oxygens (including phenoxy) is 2. The first-order valence-corrected chi connectivity index (χ1v) is 9.01. The van der Waals surface area contributed by atoms with Gasteiger partial charge in [-0.3, -0.25) is 4.98 Å². The maximum absolute atomic E-state index is 10.3. The zero-order chi connectivity index (χ0) is 21.1. The van der Waals surface area contributed by atoms with E-state index in [1.807, 2.05) is 0 Å². The molecule has 1 fully saturated rings. The van der Waals surface area contributed by atoms with E-state index in [9.17, 15) is 30.6 Å². The molecule has 0 aliphatic carbocycles. The van der Waals surface area contributed by atoms with Crippen molar-refractivity contribution in [3.05, 3.63) is 36.2 Å². The second-order valence-corrected chi connectivity index (χ2v) is 6.82. The van der Waals surface area contributed by atoms with Crippen molar-refractivity contribution >= 4 is 11.0 Å². The molecule has 0 unspecified atom stereocenters. The van der Waals surface area contributed by atoms with Crippen LogP contribution >= 0.6 is 0 Å². The Kier molecular flexibility index (Phi) is 7.05. The van der Waals surface area contributed by atoms with Gasteiger partial charge in [-0.15, -0.1) is 0 Å². The smallest absolute Gasteiger partial charge is 0.186 e. The molecule has 11 heteroatoms. The molecule has 2 aromatic rings. The third kappa shape index (κ3) is 4.69. The van der Waals surface area contributed by atoms with E-state index in [1.165, 1.54) is 6.20 Å². The highest BCUT2D eigenvalue weighted by Crippen LogP contribution is 2.23. The molecule has 7 N–H and O–H groups in total. The maximum atomic E-state index is 10.3. The van der Waals surface area contributed by atoms with Crippen LogP contribution in [0.15, 0.2) is 30.5 Å². The first-order valence-electron chi connectivity index (χ1n) is 9.01.